The van der Waals surface area contributed by atoms with Crippen LogP contribution in [-0.2, 0) is 20.6 Å². The predicted molar refractivity (Wildman–Crippen MR) is 130 cm³/mol. The van der Waals surface area contributed by atoms with Gasteiger partial charge < -0.3 is 18.8 Å². The van der Waals surface area contributed by atoms with Crippen LogP contribution in [0.25, 0.3) is 11.2 Å². The number of furan rings is 1. The molecule has 0 aromatic carbocycles. The summed E-state index contributed by atoms with van der Waals surface area (Å²) >= 11 is 1.47. The predicted octanol–water partition coefficient (Wildman–Crippen LogP) is 0.571. The van der Waals surface area contributed by atoms with Gasteiger partial charge in [0.15, 0.2) is 22.1 Å². The fourth-order valence-electron chi connectivity index (χ4n) is 4.14. The molecule has 1 aliphatic rings. The lowest BCUT2D eigenvalue weighted by atomic mass is 10.3. The third-order valence-electron chi connectivity index (χ3n) is 6.00. The van der Waals surface area contributed by atoms with Gasteiger partial charge in [0.25, 0.3) is 11.5 Å². The average molecular weight is 497 g/mol. The average Bonchev–Trinajstić information content (AvgIpc) is 3.56. The molecule has 0 bridgehead atoms. The van der Waals surface area contributed by atoms with Crippen molar-refractivity contribution in [3.8, 4) is 0 Å². The molecular formula is C22H24N8O4S. The first-order valence-electron chi connectivity index (χ1n) is 11.1. The summed E-state index contributed by atoms with van der Waals surface area (Å²) in [7, 11) is 3.07. The van der Waals surface area contributed by atoms with Crippen LogP contribution in [-0.4, -0.2) is 71.4 Å². The molecular weight excluding hydrogens is 472 g/mol. The van der Waals surface area contributed by atoms with Crippen molar-refractivity contribution in [1.82, 2.24) is 33.6 Å². The highest BCUT2D eigenvalue weighted by Crippen LogP contribution is 2.23. The molecule has 5 heterocycles. The zero-order valence-corrected chi connectivity index (χ0v) is 20.1. The SMILES string of the molecule is Cn1c(=O)c2c(nc(N3CCN(C(=O)c4ccco4)CC3)n2CCSc2ncccn2)n(C)c1=O. The Morgan fingerprint density at radius 3 is 2.49 bits per heavy atom. The summed E-state index contributed by atoms with van der Waals surface area (Å²) in [6, 6.07) is 5.10. The van der Waals surface area contributed by atoms with Crippen LogP contribution in [0.3, 0.4) is 0 Å². The van der Waals surface area contributed by atoms with Crippen LogP contribution in [0.5, 0.6) is 0 Å². The number of amides is 1. The second kappa shape index (κ2) is 9.41. The minimum atomic E-state index is -0.431. The number of anilines is 1. The molecule has 5 rings (SSSR count). The van der Waals surface area contributed by atoms with Gasteiger partial charge in [0.2, 0.25) is 5.95 Å². The third kappa shape index (κ3) is 4.22. The molecule has 182 valence electrons. The molecule has 0 atom stereocenters. The van der Waals surface area contributed by atoms with E-state index >= 15 is 0 Å². The Morgan fingerprint density at radius 1 is 1.06 bits per heavy atom. The number of nitrogens with zero attached hydrogens (tertiary/aromatic N) is 8. The summed E-state index contributed by atoms with van der Waals surface area (Å²) in [4.78, 5) is 55.2. The molecule has 0 aliphatic carbocycles. The van der Waals surface area contributed by atoms with Gasteiger partial charge in [0.05, 0.1) is 6.26 Å². The van der Waals surface area contributed by atoms with E-state index in [1.807, 2.05) is 9.47 Å². The molecule has 0 saturated carbocycles. The second-order valence-corrected chi connectivity index (χ2v) is 9.14. The maximum Gasteiger partial charge on any atom is 0.332 e. The molecule has 0 spiro atoms. The summed E-state index contributed by atoms with van der Waals surface area (Å²) in [5, 5.41) is 0.642. The van der Waals surface area contributed by atoms with E-state index in [4.69, 9.17) is 9.40 Å². The smallest absolute Gasteiger partial charge is 0.332 e. The topological polar surface area (TPSA) is 124 Å². The van der Waals surface area contributed by atoms with Crippen molar-refractivity contribution >= 4 is 34.8 Å². The highest BCUT2D eigenvalue weighted by Gasteiger charge is 2.28. The van der Waals surface area contributed by atoms with Gasteiger partial charge in [-0.15, -0.1) is 0 Å². The molecule has 35 heavy (non-hydrogen) atoms. The Balaban J connectivity index is 1.45. The minimum absolute atomic E-state index is 0.154. The number of carbonyl (C=O) groups is 1. The molecule has 1 amide bonds. The standard InChI is InChI=1S/C22H24N8O4S/c1-26-17-16(19(32)27(2)22(26)33)30(12-14-35-20-23-6-4-7-24-20)21(25-17)29-10-8-28(9-11-29)18(31)15-5-3-13-34-15/h3-7,13H,8-12,14H2,1-2H3. The van der Waals surface area contributed by atoms with Crippen LogP contribution < -0.4 is 16.1 Å². The summed E-state index contributed by atoms with van der Waals surface area (Å²) < 4.78 is 9.59. The lowest BCUT2D eigenvalue weighted by Gasteiger charge is -2.35. The highest BCUT2D eigenvalue weighted by atomic mass is 32.2. The highest BCUT2D eigenvalue weighted by molar-refractivity contribution is 7.99. The minimum Gasteiger partial charge on any atom is -0.459 e. The first-order valence-corrected chi connectivity index (χ1v) is 12.1. The largest absolute Gasteiger partial charge is 0.459 e. The van der Waals surface area contributed by atoms with E-state index in [1.165, 1.54) is 29.6 Å². The number of aryl methyl sites for hydroxylation is 2. The Kier molecular flexibility index (Phi) is 6.16. The Labute approximate surface area is 203 Å². The number of fused-ring (bicyclic) bond motifs is 1. The third-order valence-corrected chi connectivity index (χ3v) is 6.85. The Hall–Kier alpha value is -3.87. The molecule has 1 saturated heterocycles. The normalized spacial score (nSPS) is 14.1. The van der Waals surface area contributed by atoms with E-state index in [2.05, 4.69) is 9.97 Å². The molecule has 4 aromatic heterocycles. The van der Waals surface area contributed by atoms with Gasteiger partial charge in [-0.05, 0) is 18.2 Å². The van der Waals surface area contributed by atoms with Crippen LogP contribution in [0.2, 0.25) is 0 Å². The Morgan fingerprint density at radius 2 is 1.80 bits per heavy atom. The van der Waals surface area contributed by atoms with Crippen molar-refractivity contribution in [2.45, 2.75) is 11.7 Å². The number of piperazine rings is 1. The fourth-order valence-corrected chi connectivity index (χ4v) is 4.87. The first-order chi connectivity index (χ1) is 17.0. The van der Waals surface area contributed by atoms with Gasteiger partial charge in [0, 0.05) is 65.0 Å². The number of carbonyl (C=O) groups excluding carboxylic acids is 1. The van der Waals surface area contributed by atoms with E-state index in [9.17, 15) is 14.4 Å². The molecule has 12 nitrogen and oxygen atoms in total. The number of hydrogen-bond donors (Lipinski definition) is 0. The quantitative estimate of drug-likeness (QED) is 0.278. The van der Waals surface area contributed by atoms with Gasteiger partial charge in [-0.3, -0.25) is 18.7 Å². The van der Waals surface area contributed by atoms with Crippen LogP contribution >= 0.6 is 11.8 Å². The van der Waals surface area contributed by atoms with E-state index in [1.54, 1.807) is 42.5 Å². The Bertz CT molecular complexity index is 1470. The van der Waals surface area contributed by atoms with Gasteiger partial charge >= 0.3 is 5.69 Å². The van der Waals surface area contributed by atoms with Crippen molar-refractivity contribution in [1.29, 1.82) is 0 Å². The van der Waals surface area contributed by atoms with Crippen molar-refractivity contribution in [3.63, 3.8) is 0 Å². The van der Waals surface area contributed by atoms with Crippen LogP contribution in [0, 0.1) is 0 Å². The van der Waals surface area contributed by atoms with Gasteiger partial charge in [0.1, 0.15) is 0 Å². The number of imidazole rings is 1. The van der Waals surface area contributed by atoms with Crippen LogP contribution in [0.4, 0.5) is 5.95 Å². The van der Waals surface area contributed by atoms with Crippen LogP contribution in [0.1, 0.15) is 10.6 Å². The number of aromatic nitrogens is 6. The number of rotatable bonds is 6. The van der Waals surface area contributed by atoms with Gasteiger partial charge in [-0.1, -0.05) is 11.8 Å². The maximum atomic E-state index is 13.1. The molecule has 1 aliphatic heterocycles. The van der Waals surface area contributed by atoms with Gasteiger partial charge in [-0.25, -0.2) is 14.8 Å². The van der Waals surface area contributed by atoms with Crippen molar-refractivity contribution in [2.75, 3.05) is 36.8 Å². The summed E-state index contributed by atoms with van der Waals surface area (Å²) in [6.07, 6.45) is 4.85. The lowest BCUT2D eigenvalue weighted by molar-refractivity contribution is 0.0714. The fraction of sp³-hybridized carbons (Fsp3) is 0.364. The van der Waals surface area contributed by atoms with Crippen molar-refractivity contribution < 1.29 is 9.21 Å². The zero-order chi connectivity index (χ0) is 24.5. The van der Waals surface area contributed by atoms with E-state index in [-0.39, 0.29) is 5.91 Å². The van der Waals surface area contributed by atoms with Crippen molar-refractivity contribution in [2.24, 2.45) is 14.1 Å². The zero-order valence-electron chi connectivity index (χ0n) is 19.3. The van der Waals surface area contributed by atoms with Crippen molar-refractivity contribution in [3.05, 3.63) is 63.5 Å². The lowest BCUT2D eigenvalue weighted by Crippen LogP contribution is -2.49. The molecule has 0 radical (unpaired) electrons. The summed E-state index contributed by atoms with van der Waals surface area (Å²) in [5.41, 5.74) is -0.120. The van der Waals surface area contributed by atoms with E-state index < -0.39 is 11.2 Å². The maximum absolute atomic E-state index is 13.1. The van der Waals surface area contributed by atoms with E-state index in [0.29, 0.717) is 66.5 Å². The molecule has 1 fully saturated rings. The van der Waals surface area contributed by atoms with Crippen LogP contribution in [0.15, 0.2) is 56.0 Å². The summed E-state index contributed by atoms with van der Waals surface area (Å²) in [6.45, 7) is 2.48. The molecule has 0 unspecified atom stereocenters. The number of hydrogen-bond acceptors (Lipinski definition) is 9. The first kappa shape index (κ1) is 22.9. The number of thioether (sulfide) groups is 1. The molecule has 4 aromatic rings. The second-order valence-electron chi connectivity index (χ2n) is 8.08. The monoisotopic (exact) mass is 496 g/mol. The van der Waals surface area contributed by atoms with Gasteiger partial charge in [-0.2, -0.15) is 4.98 Å². The molecule has 0 N–H and O–H groups in total. The van der Waals surface area contributed by atoms with E-state index in [0.717, 1.165) is 4.57 Å². The molecule has 13 heteroatoms. The summed E-state index contributed by atoms with van der Waals surface area (Å²) in [5.74, 6) is 1.35.